The fourth-order valence-electron chi connectivity index (χ4n) is 2.28. The van der Waals surface area contributed by atoms with Crippen LogP contribution in [0.1, 0.15) is 33.1 Å². The van der Waals surface area contributed by atoms with Crippen LogP contribution < -0.4 is 0 Å². The molecule has 0 aromatic heterocycles. The minimum atomic E-state index is -0.861. The van der Waals surface area contributed by atoms with Gasteiger partial charge in [-0.2, -0.15) is 0 Å². The van der Waals surface area contributed by atoms with Gasteiger partial charge in [-0.15, -0.1) is 0 Å². The first-order chi connectivity index (χ1) is 6.07. The maximum absolute atomic E-state index is 9.75. The van der Waals surface area contributed by atoms with E-state index in [1.165, 1.54) is 0 Å². The summed E-state index contributed by atoms with van der Waals surface area (Å²) >= 11 is 0. The topological polar surface area (TPSA) is 44.8 Å². The van der Waals surface area contributed by atoms with Gasteiger partial charge in [0.1, 0.15) is 0 Å². The van der Waals surface area contributed by atoms with Crippen molar-refractivity contribution in [1.82, 2.24) is 0 Å². The Kier molecular flexibility index (Phi) is 2.94. The number of hydrogen-bond donors (Lipinski definition) is 2. The van der Waals surface area contributed by atoms with Crippen LogP contribution in [-0.4, -0.2) is 28.0 Å². The maximum Gasteiger partial charge on any atom is 0.260 e. The van der Waals surface area contributed by atoms with E-state index in [1.807, 2.05) is 13.8 Å². The quantitative estimate of drug-likeness (QED) is 0.632. The number of hydrogen-bond acceptors (Lipinski definition) is 2. The molecule has 0 amide bonds. The Labute approximate surface area is 79.2 Å². The molecule has 1 aliphatic carbocycles. The van der Waals surface area contributed by atoms with E-state index in [0.717, 1.165) is 6.42 Å². The molecule has 0 unspecified atom stereocenters. The molecule has 0 saturated heterocycles. The van der Waals surface area contributed by atoms with Crippen molar-refractivity contribution in [2.75, 3.05) is 0 Å². The van der Waals surface area contributed by atoms with Gasteiger partial charge in [0.05, 0.1) is 6.10 Å². The lowest BCUT2D eigenvalue weighted by Crippen LogP contribution is -2.39. The summed E-state index contributed by atoms with van der Waals surface area (Å²) in [6.45, 7) is 11.0. The van der Waals surface area contributed by atoms with E-state index in [-0.39, 0.29) is 5.92 Å². The van der Waals surface area contributed by atoms with Crippen molar-refractivity contribution in [3.05, 3.63) is 11.4 Å². The molecule has 0 radical (unpaired) electrons. The van der Waals surface area contributed by atoms with Crippen molar-refractivity contribution in [2.24, 2.45) is 5.92 Å². The summed E-state index contributed by atoms with van der Waals surface area (Å²) in [5, 5.41) is 19.3. The van der Waals surface area contributed by atoms with Gasteiger partial charge in [0.2, 0.25) is 0 Å². The predicted octanol–water partition coefficient (Wildman–Crippen LogP) is 1.21. The average Bonchev–Trinajstić information content (AvgIpc) is 2.32. The molecule has 3 heteroatoms. The van der Waals surface area contributed by atoms with Crippen LogP contribution in [0.15, 0.2) is 0 Å². The summed E-state index contributed by atoms with van der Waals surface area (Å²) in [5.41, 5.74) is -0.715. The zero-order valence-corrected chi connectivity index (χ0v) is 8.20. The lowest BCUT2D eigenvalue weighted by Gasteiger charge is -2.20. The van der Waals surface area contributed by atoms with Gasteiger partial charge in [-0.3, -0.25) is 0 Å². The molecule has 0 aliphatic heterocycles. The zero-order valence-electron chi connectivity index (χ0n) is 8.20. The van der Waals surface area contributed by atoms with Crippen LogP contribution in [0, 0.1) is 12.5 Å². The molecule has 1 saturated carbocycles. The van der Waals surface area contributed by atoms with Crippen LogP contribution >= 0.6 is 0 Å². The van der Waals surface area contributed by atoms with E-state index < -0.39 is 17.7 Å². The van der Waals surface area contributed by atoms with E-state index in [1.54, 1.807) is 0 Å². The Hall–Kier alpha value is -0.590. The summed E-state index contributed by atoms with van der Waals surface area (Å²) in [4.78, 5) is 3.53. The highest BCUT2D eigenvalue weighted by Gasteiger charge is 2.56. The number of rotatable bonds is 2. The molecule has 2 N–H and O–H groups in total. The molecule has 0 aromatic carbocycles. The Morgan fingerprint density at radius 1 is 1.54 bits per heavy atom. The molecule has 4 atom stereocenters. The van der Waals surface area contributed by atoms with Crippen molar-refractivity contribution in [3.63, 3.8) is 0 Å². The smallest absolute Gasteiger partial charge is 0.260 e. The zero-order chi connectivity index (χ0) is 10.1. The maximum atomic E-state index is 9.75. The fraction of sp³-hybridized carbons (Fsp3) is 0.900. The standard InChI is InChI=1S/C10H17NO2/c1-4-5-10(11-3)6-7(2)8(12)9(10)13/h7-9,12-13H,4-6H2,1-2H3/t7-,8+,9+,10-/m1/s1. The molecule has 13 heavy (non-hydrogen) atoms. The Bertz CT molecular complexity index is 223. The highest BCUT2D eigenvalue weighted by Crippen LogP contribution is 2.41. The number of aliphatic hydroxyl groups is 2. The normalized spacial score (nSPS) is 44.7. The lowest BCUT2D eigenvalue weighted by molar-refractivity contribution is 0.00488. The first-order valence-corrected chi connectivity index (χ1v) is 4.82. The lowest BCUT2D eigenvalue weighted by atomic mass is 9.90. The summed E-state index contributed by atoms with van der Waals surface area (Å²) in [6.07, 6.45) is 0.588. The van der Waals surface area contributed by atoms with Gasteiger partial charge >= 0.3 is 0 Å². The fourth-order valence-corrected chi connectivity index (χ4v) is 2.28. The third kappa shape index (κ3) is 1.56. The van der Waals surface area contributed by atoms with Crippen molar-refractivity contribution < 1.29 is 10.2 Å². The molecule has 0 heterocycles. The SMILES string of the molecule is [C-]#[N+][C@]1(CCC)C[C@@H](C)[C@H](O)[C@@H]1O. The van der Waals surface area contributed by atoms with E-state index >= 15 is 0 Å². The molecule has 3 nitrogen and oxygen atoms in total. The van der Waals surface area contributed by atoms with Crippen molar-refractivity contribution >= 4 is 0 Å². The Morgan fingerprint density at radius 2 is 2.15 bits per heavy atom. The van der Waals surface area contributed by atoms with Crippen molar-refractivity contribution in [1.29, 1.82) is 0 Å². The largest absolute Gasteiger partial charge is 0.390 e. The third-order valence-corrected chi connectivity index (χ3v) is 3.04. The molecule has 1 rings (SSSR count). The van der Waals surface area contributed by atoms with E-state index in [0.29, 0.717) is 12.8 Å². The summed E-state index contributed by atoms with van der Waals surface area (Å²) < 4.78 is 0. The second kappa shape index (κ2) is 3.65. The number of aliphatic hydroxyl groups excluding tert-OH is 2. The monoisotopic (exact) mass is 183 g/mol. The van der Waals surface area contributed by atoms with Gasteiger partial charge in [-0.1, -0.05) is 13.8 Å². The third-order valence-electron chi connectivity index (χ3n) is 3.04. The summed E-state index contributed by atoms with van der Waals surface area (Å²) in [6, 6.07) is 0. The molecule has 1 aliphatic rings. The van der Waals surface area contributed by atoms with E-state index in [4.69, 9.17) is 6.57 Å². The molecular weight excluding hydrogens is 166 g/mol. The molecule has 0 aromatic rings. The first-order valence-electron chi connectivity index (χ1n) is 4.82. The van der Waals surface area contributed by atoms with Gasteiger partial charge in [0.25, 0.3) is 5.54 Å². The van der Waals surface area contributed by atoms with Crippen LogP contribution in [0.4, 0.5) is 0 Å². The first kappa shape index (κ1) is 10.5. The van der Waals surface area contributed by atoms with Crippen molar-refractivity contribution in [3.8, 4) is 0 Å². The van der Waals surface area contributed by atoms with Crippen molar-refractivity contribution in [2.45, 2.75) is 50.9 Å². The summed E-state index contributed by atoms with van der Waals surface area (Å²) in [5.74, 6) is 0.0376. The van der Waals surface area contributed by atoms with Crippen LogP contribution in [0.5, 0.6) is 0 Å². The average molecular weight is 183 g/mol. The highest BCUT2D eigenvalue weighted by atomic mass is 16.3. The van der Waals surface area contributed by atoms with E-state index in [2.05, 4.69) is 4.85 Å². The van der Waals surface area contributed by atoms with Gasteiger partial charge in [0, 0.05) is 12.8 Å². The molecule has 74 valence electrons. The predicted molar refractivity (Wildman–Crippen MR) is 50.0 cm³/mol. The molecular formula is C10H17NO2. The van der Waals surface area contributed by atoms with Gasteiger partial charge < -0.3 is 15.1 Å². The summed E-state index contributed by atoms with van der Waals surface area (Å²) in [7, 11) is 0. The highest BCUT2D eigenvalue weighted by molar-refractivity contribution is 5.13. The minimum Gasteiger partial charge on any atom is -0.390 e. The number of nitrogens with zero attached hydrogens (tertiary/aromatic N) is 1. The second-order valence-corrected chi connectivity index (χ2v) is 4.08. The minimum absolute atomic E-state index is 0.0376. The van der Waals surface area contributed by atoms with Crippen LogP contribution in [0.3, 0.4) is 0 Å². The molecule has 1 fully saturated rings. The Balaban J connectivity index is 2.84. The molecule has 0 spiro atoms. The van der Waals surface area contributed by atoms with Crippen LogP contribution in [0.2, 0.25) is 0 Å². The van der Waals surface area contributed by atoms with Crippen LogP contribution in [0.25, 0.3) is 4.85 Å². The Morgan fingerprint density at radius 3 is 2.46 bits per heavy atom. The van der Waals surface area contributed by atoms with Gasteiger partial charge in [-0.05, 0) is 12.3 Å². The van der Waals surface area contributed by atoms with Gasteiger partial charge in [0.15, 0.2) is 6.10 Å². The van der Waals surface area contributed by atoms with Crippen LogP contribution in [-0.2, 0) is 0 Å². The van der Waals surface area contributed by atoms with E-state index in [9.17, 15) is 10.2 Å². The second-order valence-electron chi connectivity index (χ2n) is 4.08. The molecule has 0 bridgehead atoms. The van der Waals surface area contributed by atoms with Gasteiger partial charge in [-0.25, -0.2) is 6.57 Å².